The smallest absolute Gasteiger partial charge is 0.236 e. The van der Waals surface area contributed by atoms with E-state index in [2.05, 4.69) is 53.5 Å². The average Bonchev–Trinajstić information content (AvgIpc) is 3.67. The lowest BCUT2D eigenvalue weighted by Gasteiger charge is -2.22. The first-order valence-corrected chi connectivity index (χ1v) is 13.9. The lowest BCUT2D eigenvalue weighted by Crippen LogP contribution is -2.23. The van der Waals surface area contributed by atoms with Gasteiger partial charge in [-0.2, -0.15) is 0 Å². The van der Waals surface area contributed by atoms with Crippen molar-refractivity contribution in [1.29, 1.82) is 0 Å². The molecule has 6 aromatic rings. The first-order valence-electron chi connectivity index (χ1n) is 13.5. The van der Waals surface area contributed by atoms with Crippen LogP contribution in [0.2, 0.25) is 5.02 Å². The highest BCUT2D eigenvalue weighted by Gasteiger charge is 2.45. The van der Waals surface area contributed by atoms with Crippen LogP contribution in [0.4, 0.5) is 0 Å². The molecule has 5 aromatic carbocycles. The molecule has 0 bridgehead atoms. The van der Waals surface area contributed by atoms with Gasteiger partial charge in [0.25, 0.3) is 0 Å². The van der Waals surface area contributed by atoms with Gasteiger partial charge in [0, 0.05) is 32.8 Å². The lowest BCUT2D eigenvalue weighted by atomic mass is 10.00. The van der Waals surface area contributed by atoms with E-state index < -0.39 is 5.66 Å². The molecular formula is C36H25ClN4. The first-order chi connectivity index (χ1) is 20.2. The van der Waals surface area contributed by atoms with Gasteiger partial charge in [0.05, 0.1) is 22.8 Å². The van der Waals surface area contributed by atoms with Gasteiger partial charge in [-0.15, -0.1) is 0 Å². The third-order valence-corrected chi connectivity index (χ3v) is 7.59. The van der Waals surface area contributed by atoms with Crippen LogP contribution >= 0.6 is 11.6 Å². The van der Waals surface area contributed by atoms with Crippen LogP contribution in [0.25, 0.3) is 22.5 Å². The zero-order valence-corrected chi connectivity index (χ0v) is 22.8. The average molecular weight is 549 g/mol. The summed E-state index contributed by atoms with van der Waals surface area (Å²) in [5.41, 5.74) is 6.81. The number of aliphatic imine (C=N–C) groups is 2. The Morgan fingerprint density at radius 2 is 0.927 bits per heavy atom. The van der Waals surface area contributed by atoms with Gasteiger partial charge < -0.3 is 4.98 Å². The maximum absolute atomic E-state index is 6.93. The summed E-state index contributed by atoms with van der Waals surface area (Å²) in [5.74, 6) is 0.600. The van der Waals surface area contributed by atoms with Crippen molar-refractivity contribution in [1.82, 2.24) is 9.97 Å². The van der Waals surface area contributed by atoms with E-state index in [9.17, 15) is 0 Å². The number of halogens is 1. The van der Waals surface area contributed by atoms with Crippen molar-refractivity contribution in [2.24, 2.45) is 9.98 Å². The van der Waals surface area contributed by atoms with Gasteiger partial charge >= 0.3 is 0 Å². The van der Waals surface area contributed by atoms with Crippen molar-refractivity contribution in [2.45, 2.75) is 5.66 Å². The predicted octanol–water partition coefficient (Wildman–Crippen LogP) is 8.59. The molecule has 0 fully saturated rings. The molecule has 0 aliphatic carbocycles. The van der Waals surface area contributed by atoms with Crippen molar-refractivity contribution in [2.75, 3.05) is 0 Å². The molecule has 4 nitrogen and oxygen atoms in total. The van der Waals surface area contributed by atoms with Crippen molar-refractivity contribution >= 4 is 23.0 Å². The number of imidazole rings is 1. The van der Waals surface area contributed by atoms with Crippen LogP contribution in [-0.2, 0) is 5.66 Å². The predicted molar refractivity (Wildman–Crippen MR) is 168 cm³/mol. The highest BCUT2D eigenvalue weighted by Crippen LogP contribution is 2.44. The first kappa shape index (κ1) is 24.9. The van der Waals surface area contributed by atoms with Crippen molar-refractivity contribution in [3.63, 3.8) is 0 Å². The Bertz CT molecular complexity index is 1760. The Labute approximate surface area is 243 Å². The third-order valence-electron chi connectivity index (χ3n) is 7.26. The summed E-state index contributed by atoms with van der Waals surface area (Å²) in [4.78, 5) is 19.8. The van der Waals surface area contributed by atoms with Gasteiger partial charge in [0.2, 0.25) is 5.66 Å². The normalized spacial score (nSPS) is 14.0. The van der Waals surface area contributed by atoms with Gasteiger partial charge in [-0.05, 0) is 6.07 Å². The Morgan fingerprint density at radius 1 is 0.488 bits per heavy atom. The second-order valence-corrected chi connectivity index (χ2v) is 10.3. The van der Waals surface area contributed by atoms with Crippen LogP contribution in [0.15, 0.2) is 156 Å². The highest BCUT2D eigenvalue weighted by molar-refractivity contribution is 6.54. The van der Waals surface area contributed by atoms with Gasteiger partial charge in [-0.3, -0.25) is 0 Å². The number of rotatable bonds is 6. The molecule has 41 heavy (non-hydrogen) atoms. The standard InChI is InChI=1S/C36H25ClN4/c37-30-24-14-13-23-29(30)36(40-33(27-19-9-3-10-20-27)34(41-36)28-21-11-4-12-22-28)35-38-31(25-15-5-1-6-16-25)32(39-35)26-17-7-2-8-18-26/h1-24H,(H,38,39). The summed E-state index contributed by atoms with van der Waals surface area (Å²) in [6.07, 6.45) is 0. The van der Waals surface area contributed by atoms with Crippen LogP contribution in [0.5, 0.6) is 0 Å². The van der Waals surface area contributed by atoms with Gasteiger partial charge in [-0.25, -0.2) is 15.0 Å². The van der Waals surface area contributed by atoms with Crippen molar-refractivity contribution in [3.05, 3.63) is 173 Å². The van der Waals surface area contributed by atoms with Crippen molar-refractivity contribution < 1.29 is 0 Å². The molecule has 0 unspecified atom stereocenters. The summed E-state index contributed by atoms with van der Waals surface area (Å²) in [6.45, 7) is 0. The number of aromatic amines is 1. The lowest BCUT2D eigenvalue weighted by molar-refractivity contribution is 0.553. The van der Waals surface area contributed by atoms with E-state index in [4.69, 9.17) is 26.6 Å². The van der Waals surface area contributed by atoms with Gasteiger partial charge in [0.1, 0.15) is 0 Å². The second kappa shape index (κ2) is 10.5. The summed E-state index contributed by atoms with van der Waals surface area (Å²) in [6, 6.07) is 48.5. The minimum Gasteiger partial charge on any atom is -0.337 e. The molecule has 0 saturated carbocycles. The molecule has 1 aliphatic heterocycles. The number of H-pyrrole nitrogens is 1. The molecule has 0 spiro atoms. The van der Waals surface area contributed by atoms with Crippen LogP contribution < -0.4 is 0 Å². The number of hydrogen-bond donors (Lipinski definition) is 1. The molecule has 0 amide bonds. The zero-order valence-electron chi connectivity index (χ0n) is 22.1. The fraction of sp³-hybridized carbons (Fsp3) is 0.0278. The minimum absolute atomic E-state index is 0.570. The fourth-order valence-corrected chi connectivity index (χ4v) is 5.57. The SMILES string of the molecule is Clc1ccccc1C1(c2nc(-c3ccccc3)c(-c3ccccc3)[nH]2)N=C(c2ccccc2)C(c2ccccc2)=N1. The van der Waals surface area contributed by atoms with Gasteiger partial charge in [-0.1, -0.05) is 151 Å². The molecule has 1 aliphatic rings. The van der Waals surface area contributed by atoms with Crippen LogP contribution in [-0.4, -0.2) is 21.4 Å². The Balaban J connectivity index is 1.55. The molecule has 1 aromatic heterocycles. The number of nitrogens with zero attached hydrogens (tertiary/aromatic N) is 3. The molecule has 1 N–H and O–H groups in total. The maximum Gasteiger partial charge on any atom is 0.236 e. The summed E-state index contributed by atoms with van der Waals surface area (Å²) in [7, 11) is 0. The van der Waals surface area contributed by atoms with Crippen LogP contribution in [0.3, 0.4) is 0 Å². The van der Waals surface area contributed by atoms with Crippen molar-refractivity contribution in [3.8, 4) is 22.5 Å². The Morgan fingerprint density at radius 3 is 1.44 bits per heavy atom. The van der Waals surface area contributed by atoms with E-state index in [0.717, 1.165) is 50.6 Å². The molecule has 196 valence electrons. The Hall–Kier alpha value is -5.06. The molecule has 0 saturated heterocycles. The number of benzene rings is 5. The number of nitrogens with one attached hydrogen (secondary N) is 1. The van der Waals surface area contributed by atoms with E-state index in [0.29, 0.717) is 10.8 Å². The monoisotopic (exact) mass is 548 g/mol. The second-order valence-electron chi connectivity index (χ2n) is 9.85. The fourth-order valence-electron chi connectivity index (χ4n) is 5.30. The molecular weight excluding hydrogens is 524 g/mol. The largest absolute Gasteiger partial charge is 0.337 e. The zero-order chi connectivity index (χ0) is 27.6. The molecule has 5 heteroatoms. The third kappa shape index (κ3) is 4.48. The summed E-state index contributed by atoms with van der Waals surface area (Å²) < 4.78 is 0. The van der Waals surface area contributed by atoms with Crippen LogP contribution in [0.1, 0.15) is 22.5 Å². The maximum atomic E-state index is 6.93. The number of aromatic nitrogens is 2. The molecule has 0 radical (unpaired) electrons. The van der Waals surface area contributed by atoms with E-state index in [1.165, 1.54) is 0 Å². The van der Waals surface area contributed by atoms with E-state index in [-0.39, 0.29) is 0 Å². The highest BCUT2D eigenvalue weighted by atomic mass is 35.5. The van der Waals surface area contributed by atoms with Crippen LogP contribution in [0, 0.1) is 0 Å². The molecule has 7 rings (SSSR count). The molecule has 0 atom stereocenters. The van der Waals surface area contributed by atoms with E-state index in [1.807, 2.05) is 97.1 Å². The quantitative estimate of drug-likeness (QED) is 0.222. The number of hydrogen-bond acceptors (Lipinski definition) is 3. The van der Waals surface area contributed by atoms with Gasteiger partial charge in [0.15, 0.2) is 5.82 Å². The van der Waals surface area contributed by atoms with E-state index >= 15 is 0 Å². The topological polar surface area (TPSA) is 53.4 Å². The molecule has 2 heterocycles. The Kier molecular flexibility index (Phi) is 6.38. The van der Waals surface area contributed by atoms with E-state index in [1.54, 1.807) is 0 Å². The summed E-state index contributed by atoms with van der Waals surface area (Å²) >= 11 is 6.93. The summed E-state index contributed by atoms with van der Waals surface area (Å²) in [5, 5.41) is 0.570. The minimum atomic E-state index is -1.23.